The molecule has 1 N–H and O–H groups in total. The fourth-order valence-electron chi connectivity index (χ4n) is 3.13. The van der Waals surface area contributed by atoms with Gasteiger partial charge in [0.2, 0.25) is 5.91 Å². The maximum Gasteiger partial charge on any atom is 0.217 e. The van der Waals surface area contributed by atoms with Crippen molar-refractivity contribution in [3.05, 3.63) is 0 Å². The summed E-state index contributed by atoms with van der Waals surface area (Å²) in [6, 6.07) is -0.322. The molecular formula is C14H23NO6. The van der Waals surface area contributed by atoms with Gasteiger partial charge in [-0.3, -0.25) is 4.79 Å². The Labute approximate surface area is 124 Å². The van der Waals surface area contributed by atoms with Crippen LogP contribution >= 0.6 is 0 Å². The van der Waals surface area contributed by atoms with E-state index in [1.807, 2.05) is 27.7 Å². The first-order valence-electron chi connectivity index (χ1n) is 7.27. The Kier molecular flexibility index (Phi) is 3.53. The molecule has 7 heteroatoms. The van der Waals surface area contributed by atoms with Gasteiger partial charge in [0.1, 0.15) is 18.3 Å². The standard InChI is InChI=1S/C14H23NO6/c1-7(16)15-9-10(8-6-17-13(2,3)19-8)18-12-11(9)20-14(4,5)21-12/h8-12H,6H2,1-5H3,(H,15,16)/t8-,9+,10+,11+,12+/m0/s1. The molecule has 0 bridgehead atoms. The first-order chi connectivity index (χ1) is 9.67. The first-order valence-corrected chi connectivity index (χ1v) is 7.27. The van der Waals surface area contributed by atoms with Crippen molar-refractivity contribution < 1.29 is 28.5 Å². The zero-order chi connectivity index (χ0) is 15.4. The normalized spacial score (nSPS) is 43.8. The van der Waals surface area contributed by atoms with E-state index in [0.29, 0.717) is 6.61 Å². The number of fused-ring (bicyclic) bond motifs is 1. The van der Waals surface area contributed by atoms with Crippen LogP contribution in [0.25, 0.3) is 0 Å². The second kappa shape index (κ2) is 4.89. The van der Waals surface area contributed by atoms with E-state index < -0.39 is 17.9 Å². The van der Waals surface area contributed by atoms with E-state index in [9.17, 15) is 4.79 Å². The molecule has 120 valence electrons. The molecule has 21 heavy (non-hydrogen) atoms. The molecule has 0 aliphatic carbocycles. The number of carbonyl (C=O) groups excluding carboxylic acids is 1. The van der Waals surface area contributed by atoms with Gasteiger partial charge in [-0.1, -0.05) is 0 Å². The predicted octanol–water partition coefficient (Wildman–Crippen LogP) is 0.519. The topological polar surface area (TPSA) is 75.3 Å². The van der Waals surface area contributed by atoms with Gasteiger partial charge in [-0.05, 0) is 27.7 Å². The highest BCUT2D eigenvalue weighted by Gasteiger charge is 2.58. The number of nitrogens with one attached hydrogen (secondary N) is 1. The monoisotopic (exact) mass is 301 g/mol. The summed E-state index contributed by atoms with van der Waals surface area (Å²) in [5.41, 5.74) is 0. The minimum absolute atomic E-state index is 0.138. The van der Waals surface area contributed by atoms with E-state index in [1.54, 1.807) is 0 Å². The number of rotatable bonds is 2. The Bertz CT molecular complexity index is 437. The molecule has 3 rings (SSSR count). The van der Waals surface area contributed by atoms with E-state index in [0.717, 1.165) is 0 Å². The third kappa shape index (κ3) is 2.93. The van der Waals surface area contributed by atoms with Crippen LogP contribution < -0.4 is 5.32 Å². The minimum atomic E-state index is -0.719. The molecule has 0 spiro atoms. The summed E-state index contributed by atoms with van der Waals surface area (Å²) in [6.07, 6.45) is -1.48. The molecule has 0 unspecified atom stereocenters. The SMILES string of the molecule is CC(=O)N[C@H]1[C@H]2OC(C)(C)O[C@H]2O[C@@H]1[C@@H]1COC(C)(C)O1. The smallest absolute Gasteiger partial charge is 0.217 e. The Morgan fingerprint density at radius 2 is 1.76 bits per heavy atom. The van der Waals surface area contributed by atoms with Crippen LogP contribution in [-0.2, 0) is 28.5 Å². The largest absolute Gasteiger partial charge is 0.348 e. The van der Waals surface area contributed by atoms with E-state index in [4.69, 9.17) is 23.7 Å². The third-order valence-corrected chi connectivity index (χ3v) is 3.85. The number of hydrogen-bond acceptors (Lipinski definition) is 6. The highest BCUT2D eigenvalue weighted by Crippen LogP contribution is 2.40. The molecule has 3 heterocycles. The van der Waals surface area contributed by atoms with Crippen molar-refractivity contribution in [3.8, 4) is 0 Å². The fourth-order valence-corrected chi connectivity index (χ4v) is 3.13. The van der Waals surface area contributed by atoms with Crippen LogP contribution in [0.15, 0.2) is 0 Å². The molecule has 3 aliphatic heterocycles. The van der Waals surface area contributed by atoms with Crippen LogP contribution in [0.4, 0.5) is 0 Å². The number of ether oxygens (including phenoxy) is 5. The lowest BCUT2D eigenvalue weighted by molar-refractivity contribution is -0.223. The maximum absolute atomic E-state index is 11.5. The summed E-state index contributed by atoms with van der Waals surface area (Å²) < 4.78 is 29.0. The van der Waals surface area contributed by atoms with Crippen molar-refractivity contribution in [1.29, 1.82) is 0 Å². The summed E-state index contributed by atoms with van der Waals surface area (Å²) in [7, 11) is 0. The van der Waals surface area contributed by atoms with Crippen molar-refractivity contribution in [2.45, 2.75) is 76.8 Å². The fraction of sp³-hybridized carbons (Fsp3) is 0.929. The van der Waals surface area contributed by atoms with Gasteiger partial charge in [0.15, 0.2) is 17.9 Å². The Hall–Kier alpha value is -0.730. The van der Waals surface area contributed by atoms with E-state index in [2.05, 4.69) is 5.32 Å². The zero-order valence-corrected chi connectivity index (χ0v) is 13.0. The van der Waals surface area contributed by atoms with Crippen LogP contribution in [0.2, 0.25) is 0 Å². The lowest BCUT2D eigenvalue weighted by atomic mass is 10.0. The second-order valence-corrected chi connectivity index (χ2v) is 6.66. The van der Waals surface area contributed by atoms with Crippen LogP contribution in [0.3, 0.4) is 0 Å². The van der Waals surface area contributed by atoms with Crippen molar-refractivity contribution >= 4 is 5.91 Å². The molecule has 3 aliphatic rings. The van der Waals surface area contributed by atoms with Gasteiger partial charge in [0.05, 0.1) is 12.6 Å². The Morgan fingerprint density at radius 3 is 2.33 bits per heavy atom. The zero-order valence-electron chi connectivity index (χ0n) is 13.0. The molecule has 7 nitrogen and oxygen atoms in total. The van der Waals surface area contributed by atoms with Gasteiger partial charge in [0, 0.05) is 6.92 Å². The first kappa shape index (κ1) is 15.2. The van der Waals surface area contributed by atoms with Gasteiger partial charge < -0.3 is 29.0 Å². The Balaban J connectivity index is 1.77. The predicted molar refractivity (Wildman–Crippen MR) is 71.2 cm³/mol. The summed E-state index contributed by atoms with van der Waals surface area (Å²) in [4.78, 5) is 11.5. The molecule has 0 aromatic heterocycles. The molecule has 3 fully saturated rings. The van der Waals surface area contributed by atoms with Gasteiger partial charge in [0.25, 0.3) is 0 Å². The van der Waals surface area contributed by atoms with E-state index in [-0.39, 0.29) is 30.3 Å². The summed E-state index contributed by atoms with van der Waals surface area (Å²) in [6.45, 7) is 9.25. The average Bonchev–Trinajstić information content (AvgIpc) is 2.90. The quantitative estimate of drug-likeness (QED) is 0.801. The van der Waals surface area contributed by atoms with Crippen molar-refractivity contribution in [3.63, 3.8) is 0 Å². The number of amides is 1. The summed E-state index contributed by atoms with van der Waals surface area (Å²) >= 11 is 0. The molecule has 0 aromatic rings. The van der Waals surface area contributed by atoms with Crippen LogP contribution in [0.5, 0.6) is 0 Å². The number of hydrogen-bond donors (Lipinski definition) is 1. The highest BCUT2D eigenvalue weighted by atomic mass is 16.8. The molecule has 0 aromatic carbocycles. The van der Waals surface area contributed by atoms with Gasteiger partial charge >= 0.3 is 0 Å². The highest BCUT2D eigenvalue weighted by molar-refractivity contribution is 5.73. The second-order valence-electron chi connectivity index (χ2n) is 6.66. The van der Waals surface area contributed by atoms with Gasteiger partial charge in [-0.25, -0.2) is 0 Å². The Morgan fingerprint density at radius 1 is 1.05 bits per heavy atom. The van der Waals surface area contributed by atoms with Crippen molar-refractivity contribution in [1.82, 2.24) is 5.32 Å². The molecule has 5 atom stereocenters. The lowest BCUT2D eigenvalue weighted by Crippen LogP contribution is -2.52. The number of carbonyl (C=O) groups is 1. The van der Waals surface area contributed by atoms with Gasteiger partial charge in [-0.2, -0.15) is 0 Å². The third-order valence-electron chi connectivity index (χ3n) is 3.85. The van der Waals surface area contributed by atoms with Crippen molar-refractivity contribution in [2.24, 2.45) is 0 Å². The van der Waals surface area contributed by atoms with Crippen molar-refractivity contribution in [2.75, 3.05) is 6.61 Å². The molecule has 1 amide bonds. The molecule has 0 saturated carbocycles. The van der Waals surface area contributed by atoms with Crippen LogP contribution in [-0.4, -0.2) is 54.7 Å². The van der Waals surface area contributed by atoms with Crippen LogP contribution in [0.1, 0.15) is 34.6 Å². The van der Waals surface area contributed by atoms with E-state index in [1.165, 1.54) is 6.92 Å². The summed E-state index contributed by atoms with van der Waals surface area (Å²) in [5, 5.41) is 2.90. The van der Waals surface area contributed by atoms with Gasteiger partial charge in [-0.15, -0.1) is 0 Å². The average molecular weight is 301 g/mol. The lowest BCUT2D eigenvalue weighted by Gasteiger charge is -2.29. The summed E-state index contributed by atoms with van der Waals surface area (Å²) in [5.74, 6) is -1.50. The minimum Gasteiger partial charge on any atom is -0.348 e. The van der Waals surface area contributed by atoms with Crippen LogP contribution in [0, 0.1) is 0 Å². The molecule has 0 radical (unpaired) electrons. The molecule has 3 saturated heterocycles. The maximum atomic E-state index is 11.5. The molecular weight excluding hydrogens is 278 g/mol. The van der Waals surface area contributed by atoms with E-state index >= 15 is 0 Å².